The van der Waals surface area contributed by atoms with Crippen LogP contribution in [0.2, 0.25) is 10.0 Å². The van der Waals surface area contributed by atoms with Gasteiger partial charge in [0.15, 0.2) is 11.5 Å². The topological polar surface area (TPSA) is 59.6 Å². The van der Waals surface area contributed by atoms with Crippen molar-refractivity contribution in [3.63, 3.8) is 0 Å². The van der Waals surface area contributed by atoms with Gasteiger partial charge in [-0.15, -0.1) is 0 Å². The molecule has 2 N–H and O–H groups in total. The zero-order valence-electron chi connectivity index (χ0n) is 12.5. The number of nitrogens with one attached hydrogen (secondary N) is 2. The van der Waals surface area contributed by atoms with E-state index in [0.717, 1.165) is 24.3 Å². The van der Waals surface area contributed by atoms with E-state index in [0.29, 0.717) is 0 Å². The highest BCUT2D eigenvalue weighted by molar-refractivity contribution is 6.42. The smallest absolute Gasteiger partial charge is 0.424 e. The minimum Gasteiger partial charge on any atom is -0.424 e. The van der Waals surface area contributed by atoms with Crippen LogP contribution in [0.4, 0.5) is 28.0 Å². The number of hydrogen-bond acceptors (Lipinski definition) is 3. The SMILES string of the molecule is O=C(Nc1ccc(F)cc1)NC1(C(F)(F)F)Oc2cc(Cl)c(Cl)cc2O1. The molecule has 5 nitrogen and oxygen atoms in total. The molecule has 0 atom stereocenters. The van der Waals surface area contributed by atoms with E-state index in [4.69, 9.17) is 32.7 Å². The number of rotatable bonds is 2. The minimum absolute atomic E-state index is 0.0530. The maximum atomic E-state index is 13.5. The summed E-state index contributed by atoms with van der Waals surface area (Å²) >= 11 is 11.5. The van der Waals surface area contributed by atoms with Crippen molar-refractivity contribution in [2.24, 2.45) is 0 Å². The van der Waals surface area contributed by atoms with Crippen LogP contribution in [0.15, 0.2) is 36.4 Å². The van der Waals surface area contributed by atoms with Gasteiger partial charge in [-0.25, -0.2) is 9.18 Å². The zero-order chi connectivity index (χ0) is 19.1. The Labute approximate surface area is 153 Å². The molecule has 26 heavy (non-hydrogen) atoms. The standard InChI is InChI=1S/C15H8Cl2F4N2O3/c16-9-5-11-12(6-10(9)17)26-15(25-11,14(19,20)21)23-13(24)22-8-3-1-7(18)2-4-8/h1-6H,(H2,22,23,24). The lowest BCUT2D eigenvalue weighted by Gasteiger charge is -2.29. The van der Waals surface area contributed by atoms with E-state index < -0.39 is 23.9 Å². The minimum atomic E-state index is -5.15. The van der Waals surface area contributed by atoms with Gasteiger partial charge in [0, 0.05) is 17.8 Å². The van der Waals surface area contributed by atoms with E-state index in [1.54, 1.807) is 5.32 Å². The lowest BCUT2D eigenvalue weighted by molar-refractivity contribution is -0.317. The van der Waals surface area contributed by atoms with Crippen molar-refractivity contribution in [2.75, 3.05) is 5.32 Å². The van der Waals surface area contributed by atoms with Crippen molar-refractivity contribution in [3.8, 4) is 11.5 Å². The first-order valence-corrected chi connectivity index (χ1v) is 7.64. The van der Waals surface area contributed by atoms with E-state index in [-0.39, 0.29) is 27.2 Å². The summed E-state index contributed by atoms with van der Waals surface area (Å²) in [5.41, 5.74) is 0.0582. The maximum absolute atomic E-state index is 13.5. The van der Waals surface area contributed by atoms with Gasteiger partial charge in [0.1, 0.15) is 5.82 Å². The Balaban J connectivity index is 1.84. The molecule has 0 bridgehead atoms. The highest BCUT2D eigenvalue weighted by Gasteiger charge is 2.65. The molecule has 0 aromatic heterocycles. The number of carbonyl (C=O) groups excluding carboxylic acids is 1. The first-order valence-electron chi connectivity index (χ1n) is 6.88. The molecule has 0 radical (unpaired) electrons. The first kappa shape index (κ1) is 18.4. The first-order chi connectivity index (χ1) is 12.1. The number of carbonyl (C=O) groups is 1. The number of fused-ring (bicyclic) bond motifs is 1. The van der Waals surface area contributed by atoms with Crippen molar-refractivity contribution in [2.45, 2.75) is 12.1 Å². The van der Waals surface area contributed by atoms with E-state index in [1.807, 2.05) is 0 Å². The molecular formula is C15H8Cl2F4N2O3. The van der Waals surface area contributed by atoms with Crippen LogP contribution in [-0.2, 0) is 0 Å². The van der Waals surface area contributed by atoms with E-state index in [9.17, 15) is 22.4 Å². The number of benzene rings is 2. The molecule has 0 saturated carbocycles. The molecule has 11 heteroatoms. The van der Waals surface area contributed by atoms with Crippen LogP contribution < -0.4 is 20.1 Å². The average Bonchev–Trinajstić information content (AvgIpc) is 2.88. The van der Waals surface area contributed by atoms with Crippen molar-refractivity contribution in [1.29, 1.82) is 0 Å². The number of halogens is 6. The van der Waals surface area contributed by atoms with Gasteiger partial charge in [-0.05, 0) is 24.3 Å². The largest absolute Gasteiger partial charge is 0.492 e. The molecule has 2 amide bonds. The van der Waals surface area contributed by atoms with Crippen molar-refractivity contribution < 1.29 is 31.8 Å². The van der Waals surface area contributed by atoms with Crippen LogP contribution in [0.1, 0.15) is 0 Å². The second-order valence-electron chi connectivity index (χ2n) is 5.12. The molecule has 2 aromatic rings. The second-order valence-corrected chi connectivity index (χ2v) is 5.93. The molecule has 3 rings (SSSR count). The maximum Gasteiger partial charge on any atom is 0.492 e. The average molecular weight is 411 g/mol. The van der Waals surface area contributed by atoms with Crippen LogP contribution in [0.3, 0.4) is 0 Å². The van der Waals surface area contributed by atoms with Crippen LogP contribution in [-0.4, -0.2) is 18.1 Å². The summed E-state index contributed by atoms with van der Waals surface area (Å²) in [6.07, 6.45) is -5.15. The summed E-state index contributed by atoms with van der Waals surface area (Å²) in [7, 11) is 0. The molecule has 0 saturated heterocycles. The summed E-state index contributed by atoms with van der Waals surface area (Å²) < 4.78 is 63.0. The Morgan fingerprint density at radius 2 is 1.50 bits per heavy atom. The van der Waals surface area contributed by atoms with Gasteiger partial charge in [-0.2, -0.15) is 13.2 Å². The van der Waals surface area contributed by atoms with E-state index in [2.05, 4.69) is 5.32 Å². The third-order valence-corrected chi connectivity index (χ3v) is 3.97. The summed E-state index contributed by atoms with van der Waals surface area (Å²) in [6, 6.07) is 5.16. The fourth-order valence-corrected chi connectivity index (χ4v) is 2.39. The molecule has 0 unspecified atom stereocenters. The Morgan fingerprint density at radius 1 is 1.00 bits per heavy atom. The Morgan fingerprint density at radius 3 is 1.96 bits per heavy atom. The van der Waals surface area contributed by atoms with Crippen molar-refractivity contribution >= 4 is 34.9 Å². The van der Waals surface area contributed by atoms with Crippen LogP contribution >= 0.6 is 23.2 Å². The molecule has 0 fully saturated rings. The van der Waals surface area contributed by atoms with Gasteiger partial charge in [0.05, 0.1) is 10.0 Å². The Hall–Kier alpha value is -2.39. The molecule has 2 aromatic carbocycles. The lowest BCUT2D eigenvalue weighted by Crippen LogP contribution is -2.65. The van der Waals surface area contributed by atoms with Crippen LogP contribution in [0.25, 0.3) is 0 Å². The quantitative estimate of drug-likeness (QED) is 0.689. The van der Waals surface area contributed by atoms with E-state index in [1.165, 1.54) is 12.1 Å². The summed E-state index contributed by atoms with van der Waals surface area (Å²) in [5.74, 6) is -4.75. The number of anilines is 1. The fraction of sp³-hybridized carbons (Fsp3) is 0.133. The van der Waals surface area contributed by atoms with Gasteiger partial charge < -0.3 is 14.8 Å². The fourth-order valence-electron chi connectivity index (χ4n) is 2.08. The lowest BCUT2D eigenvalue weighted by atomic mass is 10.3. The number of urea groups is 1. The Kier molecular flexibility index (Phi) is 4.53. The molecule has 1 heterocycles. The van der Waals surface area contributed by atoms with Crippen LogP contribution in [0.5, 0.6) is 11.5 Å². The molecular weight excluding hydrogens is 403 g/mol. The molecule has 0 spiro atoms. The predicted molar refractivity (Wildman–Crippen MR) is 85.1 cm³/mol. The number of ether oxygens (including phenoxy) is 2. The molecule has 0 aliphatic carbocycles. The summed E-state index contributed by atoms with van der Waals surface area (Å²) in [6.45, 7) is 0. The number of alkyl halides is 3. The van der Waals surface area contributed by atoms with E-state index >= 15 is 0 Å². The molecule has 1 aliphatic heterocycles. The molecule has 1 aliphatic rings. The van der Waals surface area contributed by atoms with Crippen molar-refractivity contribution in [3.05, 3.63) is 52.3 Å². The van der Waals surface area contributed by atoms with Gasteiger partial charge in [0.2, 0.25) is 0 Å². The highest BCUT2D eigenvalue weighted by atomic mass is 35.5. The second kappa shape index (κ2) is 6.40. The van der Waals surface area contributed by atoms with Gasteiger partial charge >= 0.3 is 18.1 Å². The predicted octanol–water partition coefficient (Wildman–Crippen LogP) is 4.94. The number of hydrogen-bond donors (Lipinski definition) is 2. The van der Waals surface area contributed by atoms with Crippen LogP contribution in [0, 0.1) is 5.82 Å². The third kappa shape index (κ3) is 3.45. The van der Waals surface area contributed by atoms with Gasteiger partial charge in [0.25, 0.3) is 0 Å². The van der Waals surface area contributed by atoms with Gasteiger partial charge in [-0.3, -0.25) is 5.32 Å². The molecule has 138 valence electrons. The normalized spacial score (nSPS) is 14.8. The third-order valence-electron chi connectivity index (χ3n) is 3.25. The summed E-state index contributed by atoms with van der Waals surface area (Å²) in [5, 5.41) is 3.59. The van der Waals surface area contributed by atoms with Gasteiger partial charge in [-0.1, -0.05) is 23.2 Å². The van der Waals surface area contributed by atoms with Crippen molar-refractivity contribution in [1.82, 2.24) is 5.32 Å². The highest BCUT2D eigenvalue weighted by Crippen LogP contribution is 2.47. The number of amides is 2. The zero-order valence-corrected chi connectivity index (χ0v) is 14.0. The summed E-state index contributed by atoms with van der Waals surface area (Å²) in [4.78, 5) is 12.0. The Bertz CT molecular complexity index is 828. The monoisotopic (exact) mass is 410 g/mol.